The summed E-state index contributed by atoms with van der Waals surface area (Å²) in [7, 11) is -3.61. The van der Waals surface area contributed by atoms with Crippen LogP contribution in [0.5, 0.6) is 0 Å². The number of carboxylic acids is 1. The minimum absolute atomic E-state index is 0.171. The van der Waals surface area contributed by atoms with E-state index in [1.54, 1.807) is 26.8 Å². The van der Waals surface area contributed by atoms with Gasteiger partial charge >= 0.3 is 5.97 Å². The van der Waals surface area contributed by atoms with E-state index in [-0.39, 0.29) is 11.3 Å². The summed E-state index contributed by atoms with van der Waals surface area (Å²) in [6, 6.07) is 1.74. The molecule has 1 aromatic carbocycles. The molecule has 118 valence electrons. The average molecular weight is 313 g/mol. The zero-order valence-electron chi connectivity index (χ0n) is 13.0. The summed E-state index contributed by atoms with van der Waals surface area (Å²) in [5, 5.41) is 8.99. The molecule has 0 aromatic heterocycles. The maximum Gasteiger partial charge on any atom is 0.307 e. The number of rotatable bonds is 7. The number of carbonyl (C=O) groups is 1. The van der Waals surface area contributed by atoms with E-state index < -0.39 is 16.0 Å². The van der Waals surface area contributed by atoms with Crippen molar-refractivity contribution in [3.63, 3.8) is 0 Å². The Hall–Kier alpha value is -1.40. The van der Waals surface area contributed by atoms with Crippen molar-refractivity contribution >= 4 is 16.0 Å². The van der Waals surface area contributed by atoms with Crippen molar-refractivity contribution in [3.05, 3.63) is 28.3 Å². The molecule has 0 amide bonds. The molecule has 21 heavy (non-hydrogen) atoms. The third kappa shape index (κ3) is 4.28. The average Bonchev–Trinajstić information content (AvgIpc) is 2.33. The first-order valence-corrected chi connectivity index (χ1v) is 8.50. The lowest BCUT2D eigenvalue weighted by Gasteiger charge is -2.17. The minimum Gasteiger partial charge on any atom is -0.481 e. The van der Waals surface area contributed by atoms with Crippen LogP contribution in [0.25, 0.3) is 0 Å². The Balaban J connectivity index is 3.32. The van der Waals surface area contributed by atoms with Crippen LogP contribution >= 0.6 is 0 Å². The fourth-order valence-corrected chi connectivity index (χ4v) is 4.06. The molecule has 0 unspecified atom stereocenters. The van der Waals surface area contributed by atoms with Gasteiger partial charge in [-0.1, -0.05) is 19.4 Å². The molecule has 0 bridgehead atoms. The second kappa shape index (κ2) is 7.04. The number of aliphatic carboxylic acids is 1. The van der Waals surface area contributed by atoms with Gasteiger partial charge in [-0.2, -0.15) is 0 Å². The molecule has 0 radical (unpaired) electrons. The molecule has 6 heteroatoms. The van der Waals surface area contributed by atoms with Gasteiger partial charge in [0.2, 0.25) is 10.0 Å². The quantitative estimate of drug-likeness (QED) is 0.757. The molecule has 0 saturated heterocycles. The fraction of sp³-hybridized carbons (Fsp3) is 0.533. The van der Waals surface area contributed by atoms with Crippen molar-refractivity contribution < 1.29 is 18.3 Å². The zero-order chi connectivity index (χ0) is 16.2. The highest BCUT2D eigenvalue weighted by Crippen LogP contribution is 2.26. The summed E-state index contributed by atoms with van der Waals surface area (Å²) in [5.41, 5.74) is 2.55. The number of unbranched alkanes of at least 4 members (excludes halogenated alkanes) is 1. The van der Waals surface area contributed by atoms with E-state index in [2.05, 4.69) is 4.72 Å². The molecule has 0 fully saturated rings. The highest BCUT2D eigenvalue weighted by Gasteiger charge is 2.23. The molecular weight excluding hydrogens is 290 g/mol. The molecule has 0 spiro atoms. The minimum atomic E-state index is -3.61. The standard InChI is InChI=1S/C15H23NO4S/c1-5-6-7-16-21(19,20)15-11(3)8-10(2)13(12(15)4)9-14(17)18/h8,16H,5-7,9H2,1-4H3,(H,17,18). The molecule has 0 saturated carbocycles. The maximum atomic E-state index is 12.4. The van der Waals surface area contributed by atoms with Crippen molar-refractivity contribution in [2.75, 3.05) is 6.54 Å². The van der Waals surface area contributed by atoms with E-state index in [0.29, 0.717) is 23.2 Å². The molecule has 1 rings (SSSR count). The van der Waals surface area contributed by atoms with Gasteiger partial charge in [-0.25, -0.2) is 13.1 Å². The molecule has 0 aliphatic rings. The molecule has 0 aliphatic carbocycles. The van der Waals surface area contributed by atoms with Crippen molar-refractivity contribution in [1.82, 2.24) is 4.72 Å². The number of benzene rings is 1. The Morgan fingerprint density at radius 1 is 1.24 bits per heavy atom. The predicted molar refractivity (Wildman–Crippen MR) is 82.1 cm³/mol. The Kier molecular flexibility index (Phi) is 5.92. The normalized spacial score (nSPS) is 11.6. The number of hydrogen-bond donors (Lipinski definition) is 2. The van der Waals surface area contributed by atoms with E-state index in [9.17, 15) is 13.2 Å². The first-order chi connectivity index (χ1) is 9.70. The van der Waals surface area contributed by atoms with Crippen LogP contribution in [0.15, 0.2) is 11.0 Å². The van der Waals surface area contributed by atoms with E-state index in [1.807, 2.05) is 6.92 Å². The monoisotopic (exact) mass is 313 g/mol. The zero-order valence-corrected chi connectivity index (χ0v) is 13.8. The van der Waals surface area contributed by atoms with Crippen LogP contribution in [-0.4, -0.2) is 26.0 Å². The van der Waals surface area contributed by atoms with Crippen LogP contribution in [0.3, 0.4) is 0 Å². The lowest BCUT2D eigenvalue weighted by molar-refractivity contribution is -0.136. The van der Waals surface area contributed by atoms with Gasteiger partial charge in [-0.3, -0.25) is 4.79 Å². The van der Waals surface area contributed by atoms with Crippen molar-refractivity contribution in [2.45, 2.75) is 51.9 Å². The number of hydrogen-bond acceptors (Lipinski definition) is 3. The summed E-state index contributed by atoms with van der Waals surface area (Å²) >= 11 is 0. The predicted octanol–water partition coefficient (Wildman–Crippen LogP) is 2.32. The summed E-state index contributed by atoms with van der Waals surface area (Å²) < 4.78 is 27.5. The van der Waals surface area contributed by atoms with Crippen LogP contribution in [-0.2, 0) is 21.2 Å². The molecule has 1 aromatic rings. The third-order valence-corrected chi connectivity index (χ3v) is 5.23. The Morgan fingerprint density at radius 3 is 2.38 bits per heavy atom. The molecule has 2 N–H and O–H groups in total. The second-order valence-corrected chi connectivity index (χ2v) is 6.97. The highest BCUT2D eigenvalue weighted by atomic mass is 32.2. The Labute approximate surface area is 126 Å². The number of nitrogens with one attached hydrogen (secondary N) is 1. The lowest BCUT2D eigenvalue weighted by Crippen LogP contribution is -2.27. The maximum absolute atomic E-state index is 12.4. The Morgan fingerprint density at radius 2 is 1.86 bits per heavy atom. The number of aryl methyl sites for hydroxylation is 2. The van der Waals surface area contributed by atoms with Crippen LogP contribution in [0.2, 0.25) is 0 Å². The van der Waals surface area contributed by atoms with Crippen LogP contribution in [0, 0.1) is 20.8 Å². The lowest BCUT2D eigenvalue weighted by atomic mass is 9.97. The van der Waals surface area contributed by atoms with Crippen molar-refractivity contribution in [3.8, 4) is 0 Å². The number of carboxylic acid groups (broad SMARTS) is 1. The first kappa shape index (κ1) is 17.7. The largest absolute Gasteiger partial charge is 0.481 e. The second-order valence-electron chi connectivity index (χ2n) is 5.26. The van der Waals surface area contributed by atoms with E-state index in [0.717, 1.165) is 18.4 Å². The third-order valence-electron chi connectivity index (χ3n) is 3.48. The van der Waals surface area contributed by atoms with Gasteiger partial charge < -0.3 is 5.11 Å². The fourth-order valence-electron chi connectivity index (χ4n) is 2.50. The van der Waals surface area contributed by atoms with Gasteiger partial charge in [0, 0.05) is 6.54 Å². The van der Waals surface area contributed by atoms with Crippen molar-refractivity contribution in [2.24, 2.45) is 0 Å². The Bertz CT molecular complexity index is 636. The van der Waals surface area contributed by atoms with Crippen LogP contribution in [0.4, 0.5) is 0 Å². The van der Waals surface area contributed by atoms with Crippen LogP contribution in [0.1, 0.15) is 42.0 Å². The summed E-state index contributed by atoms with van der Waals surface area (Å²) in [4.78, 5) is 11.2. The van der Waals surface area contributed by atoms with Gasteiger partial charge in [0.25, 0.3) is 0 Å². The smallest absolute Gasteiger partial charge is 0.307 e. The molecule has 0 aliphatic heterocycles. The summed E-state index contributed by atoms with van der Waals surface area (Å²) in [6.07, 6.45) is 1.50. The highest BCUT2D eigenvalue weighted by molar-refractivity contribution is 7.89. The molecule has 5 nitrogen and oxygen atoms in total. The van der Waals surface area contributed by atoms with Gasteiger partial charge in [0.15, 0.2) is 0 Å². The van der Waals surface area contributed by atoms with Gasteiger partial charge in [-0.15, -0.1) is 0 Å². The first-order valence-electron chi connectivity index (χ1n) is 7.01. The number of sulfonamides is 1. The molecule has 0 heterocycles. The van der Waals surface area contributed by atoms with Gasteiger partial charge in [0.1, 0.15) is 0 Å². The molecule has 0 atom stereocenters. The van der Waals surface area contributed by atoms with Crippen molar-refractivity contribution in [1.29, 1.82) is 0 Å². The summed E-state index contributed by atoms with van der Waals surface area (Å²) in [6.45, 7) is 7.59. The van der Waals surface area contributed by atoms with Gasteiger partial charge in [-0.05, 0) is 49.4 Å². The summed E-state index contributed by atoms with van der Waals surface area (Å²) in [5.74, 6) is -0.965. The molecular formula is C15H23NO4S. The topological polar surface area (TPSA) is 83.5 Å². The van der Waals surface area contributed by atoms with E-state index >= 15 is 0 Å². The van der Waals surface area contributed by atoms with Crippen LogP contribution < -0.4 is 4.72 Å². The SMILES string of the molecule is CCCCNS(=O)(=O)c1c(C)cc(C)c(CC(=O)O)c1C. The van der Waals surface area contributed by atoms with E-state index in [4.69, 9.17) is 5.11 Å². The van der Waals surface area contributed by atoms with E-state index in [1.165, 1.54) is 0 Å². The van der Waals surface area contributed by atoms with Gasteiger partial charge in [0.05, 0.1) is 11.3 Å².